The fraction of sp³-hybridized carbons (Fsp3) is 0.438. The predicted molar refractivity (Wildman–Crippen MR) is 85.3 cm³/mol. The van der Waals surface area contributed by atoms with Gasteiger partial charge in [-0.05, 0) is 26.0 Å². The number of allylic oxidation sites excluding steroid dienone is 1. The Morgan fingerprint density at radius 1 is 1.48 bits per heavy atom. The first kappa shape index (κ1) is 14.4. The lowest BCUT2D eigenvalue weighted by Crippen LogP contribution is -2.31. The minimum absolute atomic E-state index is 0.0710. The molecule has 1 unspecified atom stereocenters. The van der Waals surface area contributed by atoms with Gasteiger partial charge in [-0.15, -0.1) is 0 Å². The first-order valence-corrected chi connectivity index (χ1v) is 8.09. The van der Waals surface area contributed by atoms with Crippen molar-refractivity contribution in [2.45, 2.75) is 31.7 Å². The molecule has 1 atom stereocenters. The van der Waals surface area contributed by atoms with Gasteiger partial charge in [0.15, 0.2) is 0 Å². The highest BCUT2D eigenvalue weighted by Gasteiger charge is 2.28. The average molecular weight is 306 g/mol. The first-order valence-electron chi connectivity index (χ1n) is 7.21. The van der Waals surface area contributed by atoms with Crippen molar-refractivity contribution in [3.8, 4) is 5.75 Å². The molecule has 3 nitrogen and oxygen atoms in total. The Kier molecular flexibility index (Phi) is 4.19. The van der Waals surface area contributed by atoms with Crippen molar-refractivity contribution in [2.75, 3.05) is 13.2 Å². The third-order valence-corrected chi connectivity index (χ3v) is 4.70. The summed E-state index contributed by atoms with van der Waals surface area (Å²) >= 11 is 1.74. The van der Waals surface area contributed by atoms with Gasteiger partial charge < -0.3 is 9.64 Å². The van der Waals surface area contributed by atoms with Gasteiger partial charge in [0, 0.05) is 36.2 Å². The Labute approximate surface area is 128 Å². The summed E-state index contributed by atoms with van der Waals surface area (Å²) in [5, 5.41) is 0.0710. The van der Waals surface area contributed by atoms with Crippen LogP contribution in [0.2, 0.25) is 0 Å². The number of aliphatic imine (C=N–C) groups is 1. The van der Waals surface area contributed by atoms with Gasteiger partial charge in [-0.1, -0.05) is 17.8 Å². The summed E-state index contributed by atoms with van der Waals surface area (Å²) in [6.45, 7) is 5.89. The summed E-state index contributed by atoms with van der Waals surface area (Å²) in [6, 6.07) is 6.75. The quantitative estimate of drug-likeness (QED) is 0.848. The molecule has 1 aromatic rings. The maximum Gasteiger partial charge on any atom is 0.134 e. The van der Waals surface area contributed by atoms with Crippen LogP contribution in [0.3, 0.4) is 0 Å². The van der Waals surface area contributed by atoms with E-state index in [0.717, 1.165) is 13.0 Å². The Hall–Kier alpha value is -1.49. The highest BCUT2D eigenvalue weighted by atomic mass is 32.2. The van der Waals surface area contributed by atoms with E-state index in [-0.39, 0.29) is 11.2 Å². The van der Waals surface area contributed by atoms with Crippen LogP contribution in [0.1, 0.15) is 20.3 Å². The first-order chi connectivity index (χ1) is 10.1. The van der Waals surface area contributed by atoms with Crippen LogP contribution in [-0.4, -0.2) is 35.2 Å². The smallest absolute Gasteiger partial charge is 0.134 e. The maximum atomic E-state index is 13.1. The lowest BCUT2D eigenvalue weighted by atomic mass is 10.1. The third kappa shape index (κ3) is 3.40. The third-order valence-electron chi connectivity index (χ3n) is 3.59. The second-order valence-corrected chi connectivity index (χ2v) is 6.71. The molecule has 0 radical (unpaired) electrons. The number of nitrogens with zero attached hydrogens (tertiary/aromatic N) is 2. The van der Waals surface area contributed by atoms with E-state index >= 15 is 0 Å². The summed E-state index contributed by atoms with van der Waals surface area (Å²) < 4.78 is 18.7. The fourth-order valence-corrected chi connectivity index (χ4v) is 3.52. The highest BCUT2D eigenvalue weighted by molar-refractivity contribution is 8.05. The Morgan fingerprint density at radius 3 is 3.10 bits per heavy atom. The van der Waals surface area contributed by atoms with Crippen LogP contribution in [0.5, 0.6) is 5.75 Å². The molecule has 0 spiro atoms. The average Bonchev–Trinajstić information content (AvgIpc) is 2.87. The predicted octanol–water partition coefficient (Wildman–Crippen LogP) is 3.67. The summed E-state index contributed by atoms with van der Waals surface area (Å²) in [5.74, 6) is 0.283. The van der Waals surface area contributed by atoms with Crippen molar-refractivity contribution in [1.82, 2.24) is 4.90 Å². The van der Waals surface area contributed by atoms with Crippen LogP contribution in [0.15, 0.2) is 40.4 Å². The molecule has 2 aliphatic rings. The molecule has 21 heavy (non-hydrogen) atoms. The van der Waals surface area contributed by atoms with Gasteiger partial charge in [0.25, 0.3) is 0 Å². The molecule has 0 saturated carbocycles. The number of thioether (sulfide) groups is 1. The Morgan fingerprint density at radius 2 is 2.33 bits per heavy atom. The van der Waals surface area contributed by atoms with Crippen molar-refractivity contribution in [2.24, 2.45) is 4.99 Å². The van der Waals surface area contributed by atoms with E-state index in [1.54, 1.807) is 23.9 Å². The van der Waals surface area contributed by atoms with Gasteiger partial charge in [0.05, 0.1) is 5.71 Å². The number of ether oxygens (including phenoxy) is 1. The van der Waals surface area contributed by atoms with Crippen LogP contribution in [-0.2, 0) is 0 Å². The molecule has 0 aromatic heterocycles. The minimum Gasteiger partial charge on any atom is -0.490 e. The Balaban J connectivity index is 1.60. The van der Waals surface area contributed by atoms with E-state index in [1.807, 2.05) is 0 Å². The van der Waals surface area contributed by atoms with Gasteiger partial charge in [0.1, 0.15) is 23.5 Å². The zero-order valence-electron chi connectivity index (χ0n) is 12.3. The van der Waals surface area contributed by atoms with Crippen molar-refractivity contribution in [1.29, 1.82) is 0 Å². The van der Waals surface area contributed by atoms with Crippen LogP contribution in [0.4, 0.5) is 4.39 Å². The van der Waals surface area contributed by atoms with Gasteiger partial charge in [-0.3, -0.25) is 4.99 Å². The van der Waals surface area contributed by atoms with Crippen molar-refractivity contribution >= 4 is 17.5 Å². The molecule has 2 heterocycles. The highest BCUT2D eigenvalue weighted by Crippen LogP contribution is 2.36. The number of benzene rings is 1. The summed E-state index contributed by atoms with van der Waals surface area (Å²) in [7, 11) is 0. The molecule has 0 aliphatic carbocycles. The van der Waals surface area contributed by atoms with Crippen molar-refractivity contribution in [3.63, 3.8) is 0 Å². The molecule has 0 N–H and O–H groups in total. The fourth-order valence-electron chi connectivity index (χ4n) is 2.42. The molecule has 0 amide bonds. The normalized spacial score (nSPS) is 21.1. The summed E-state index contributed by atoms with van der Waals surface area (Å²) in [4.78, 5) is 8.30. The number of fused-ring (bicyclic) bond motifs is 1. The second kappa shape index (κ2) is 6.10. The monoisotopic (exact) mass is 306 g/mol. The molecule has 0 saturated heterocycles. The van der Waals surface area contributed by atoms with Gasteiger partial charge in [-0.25, -0.2) is 4.39 Å². The van der Waals surface area contributed by atoms with Crippen molar-refractivity contribution < 1.29 is 9.13 Å². The van der Waals surface area contributed by atoms with Crippen LogP contribution in [0, 0.1) is 5.82 Å². The molecule has 1 aromatic carbocycles. The molecule has 2 aliphatic heterocycles. The topological polar surface area (TPSA) is 24.8 Å². The Bertz CT molecular complexity index is 585. The van der Waals surface area contributed by atoms with Crippen LogP contribution in [0.25, 0.3) is 0 Å². The lowest BCUT2D eigenvalue weighted by Gasteiger charge is -2.29. The van der Waals surface area contributed by atoms with Crippen LogP contribution < -0.4 is 4.74 Å². The molecule has 112 valence electrons. The van der Waals surface area contributed by atoms with Crippen molar-refractivity contribution in [3.05, 3.63) is 41.2 Å². The summed E-state index contributed by atoms with van der Waals surface area (Å²) in [5.41, 5.74) is 1.18. The van der Waals surface area contributed by atoms with E-state index in [9.17, 15) is 4.39 Å². The molecular formula is C16H19FN2OS. The van der Waals surface area contributed by atoms with E-state index in [0.29, 0.717) is 18.4 Å². The molecule has 0 fully saturated rings. The number of halogens is 1. The molecule has 5 heteroatoms. The minimum atomic E-state index is -0.276. The van der Waals surface area contributed by atoms with Gasteiger partial charge >= 0.3 is 0 Å². The van der Waals surface area contributed by atoms with E-state index < -0.39 is 0 Å². The molecule has 3 rings (SSSR count). The van der Waals surface area contributed by atoms with E-state index in [4.69, 9.17) is 9.73 Å². The maximum absolute atomic E-state index is 13.1. The van der Waals surface area contributed by atoms with Gasteiger partial charge in [0.2, 0.25) is 0 Å². The number of rotatable bonds is 4. The second-order valence-electron chi connectivity index (χ2n) is 5.49. The van der Waals surface area contributed by atoms with E-state index in [2.05, 4.69) is 24.9 Å². The molecular weight excluding hydrogens is 287 g/mol. The SMILES string of the molecule is CC(C)N1C=C2SC(COc3cccc(F)c3)N=C2CC1. The summed E-state index contributed by atoms with van der Waals surface area (Å²) in [6.07, 6.45) is 3.20. The zero-order chi connectivity index (χ0) is 14.8. The van der Waals surface area contributed by atoms with E-state index in [1.165, 1.54) is 22.7 Å². The standard InChI is InChI=1S/C16H19FN2OS/c1-11(2)19-7-6-14-15(9-19)21-16(18-14)10-20-13-5-3-4-12(17)8-13/h3-5,8-9,11,16H,6-7,10H2,1-2H3. The number of hydrogen-bond donors (Lipinski definition) is 0. The number of hydrogen-bond acceptors (Lipinski definition) is 4. The molecule has 0 bridgehead atoms. The van der Waals surface area contributed by atoms with Gasteiger partial charge in [-0.2, -0.15) is 0 Å². The van der Waals surface area contributed by atoms with Crippen LogP contribution >= 0.6 is 11.8 Å². The lowest BCUT2D eigenvalue weighted by molar-refractivity contribution is 0.313. The zero-order valence-corrected chi connectivity index (χ0v) is 13.1. The largest absolute Gasteiger partial charge is 0.490 e.